The van der Waals surface area contributed by atoms with Gasteiger partial charge in [-0.1, -0.05) is 12.2 Å². The highest BCUT2D eigenvalue weighted by atomic mass is 32.1. The van der Waals surface area contributed by atoms with Crippen LogP contribution in [0.1, 0.15) is 13.8 Å². The van der Waals surface area contributed by atoms with Crippen LogP contribution in [0.2, 0.25) is 0 Å². The molecule has 0 aliphatic heterocycles. The lowest BCUT2D eigenvalue weighted by atomic mass is 10.1. The molecule has 0 aromatic carbocycles. The summed E-state index contributed by atoms with van der Waals surface area (Å²) in [5, 5.41) is 11.0. The van der Waals surface area contributed by atoms with Crippen molar-refractivity contribution in [2.45, 2.75) is 19.4 Å². The molecule has 0 radical (unpaired) electrons. The van der Waals surface area contributed by atoms with Crippen molar-refractivity contribution in [1.29, 1.82) is 0 Å². The molecule has 0 bridgehead atoms. The summed E-state index contributed by atoms with van der Waals surface area (Å²) in [6.45, 7) is 3.08. The quantitative estimate of drug-likeness (QED) is 0.567. The molecular weight excluding hydrogens is 138 g/mol. The molecule has 0 rings (SSSR count). The number of aliphatic carboxylic acids is 1. The Balaban J connectivity index is 4.00. The summed E-state index contributed by atoms with van der Waals surface area (Å²) in [4.78, 5) is 10.3. The number of carboxylic acids is 1. The average molecular weight is 147 g/mol. The molecule has 0 saturated heterocycles. The fourth-order valence-electron chi connectivity index (χ4n) is 0.209. The Kier molecular flexibility index (Phi) is 2.58. The molecule has 0 unspecified atom stereocenters. The van der Waals surface area contributed by atoms with E-state index in [1.807, 2.05) is 0 Å². The highest BCUT2D eigenvalue weighted by Crippen LogP contribution is 1.98. The van der Waals surface area contributed by atoms with Crippen molar-refractivity contribution in [2.75, 3.05) is 0 Å². The summed E-state index contributed by atoms with van der Waals surface area (Å²) in [7, 11) is 0. The van der Waals surface area contributed by atoms with E-state index in [1.165, 1.54) is 19.3 Å². The molecule has 3 nitrogen and oxygen atoms in total. The van der Waals surface area contributed by atoms with Gasteiger partial charge < -0.3 is 10.4 Å². The van der Waals surface area contributed by atoms with Crippen LogP contribution < -0.4 is 5.32 Å². The smallest absolute Gasteiger partial charge is 0.328 e. The number of nitrogens with one attached hydrogen (secondary N) is 1. The van der Waals surface area contributed by atoms with Gasteiger partial charge in [-0.15, -0.1) is 0 Å². The van der Waals surface area contributed by atoms with Crippen LogP contribution in [0.5, 0.6) is 0 Å². The Morgan fingerprint density at radius 2 is 2.22 bits per heavy atom. The first-order chi connectivity index (χ1) is 4.00. The molecule has 0 spiro atoms. The third-order valence-electron chi connectivity index (χ3n) is 0.954. The normalized spacial score (nSPS) is 10.4. The summed E-state index contributed by atoms with van der Waals surface area (Å²) in [6, 6.07) is 0. The van der Waals surface area contributed by atoms with E-state index < -0.39 is 11.5 Å². The van der Waals surface area contributed by atoms with E-state index in [-0.39, 0.29) is 0 Å². The molecule has 0 saturated carbocycles. The Bertz CT molecular complexity index is 133. The Hall–Kier alpha value is -0.640. The van der Waals surface area contributed by atoms with E-state index in [4.69, 9.17) is 5.11 Å². The molecule has 9 heavy (non-hydrogen) atoms. The number of hydrogen-bond acceptors (Lipinski definition) is 2. The van der Waals surface area contributed by atoms with E-state index in [0.717, 1.165) is 0 Å². The predicted octanol–water partition coefficient (Wildman–Crippen LogP) is 0.396. The second kappa shape index (κ2) is 2.77. The van der Waals surface area contributed by atoms with E-state index in [2.05, 4.69) is 17.5 Å². The molecule has 0 fully saturated rings. The van der Waals surface area contributed by atoms with Crippen LogP contribution in [0.25, 0.3) is 0 Å². The minimum atomic E-state index is -0.943. The number of carbonyl (C=O) groups is 1. The van der Waals surface area contributed by atoms with E-state index in [0.29, 0.717) is 0 Å². The zero-order valence-corrected chi connectivity index (χ0v) is 6.16. The van der Waals surface area contributed by atoms with Gasteiger partial charge in [0.05, 0.1) is 5.49 Å². The van der Waals surface area contributed by atoms with Gasteiger partial charge in [0.15, 0.2) is 0 Å². The van der Waals surface area contributed by atoms with Gasteiger partial charge in [-0.2, -0.15) is 0 Å². The first kappa shape index (κ1) is 8.36. The minimum absolute atomic E-state index is 0.913. The lowest BCUT2D eigenvalue weighted by Gasteiger charge is -2.17. The molecular formula is C5H9NO2S. The van der Waals surface area contributed by atoms with Crippen LogP contribution >= 0.6 is 12.2 Å². The summed E-state index contributed by atoms with van der Waals surface area (Å²) < 4.78 is 0. The van der Waals surface area contributed by atoms with Gasteiger partial charge in [-0.3, -0.25) is 0 Å². The second-order valence-electron chi connectivity index (χ2n) is 2.19. The third kappa shape index (κ3) is 2.41. The van der Waals surface area contributed by atoms with Gasteiger partial charge in [-0.05, 0) is 13.8 Å². The summed E-state index contributed by atoms with van der Waals surface area (Å²) in [5.74, 6) is -0.913. The first-order valence-corrected chi connectivity index (χ1v) is 2.92. The van der Waals surface area contributed by atoms with Crippen LogP contribution in [0.4, 0.5) is 0 Å². The van der Waals surface area contributed by atoms with Crippen molar-refractivity contribution in [3.63, 3.8) is 0 Å². The van der Waals surface area contributed by atoms with Gasteiger partial charge in [0.25, 0.3) is 0 Å². The third-order valence-corrected chi connectivity index (χ3v) is 1.07. The monoisotopic (exact) mass is 147 g/mol. The second-order valence-corrected chi connectivity index (χ2v) is 2.43. The van der Waals surface area contributed by atoms with Crippen molar-refractivity contribution >= 4 is 23.7 Å². The molecule has 4 heteroatoms. The van der Waals surface area contributed by atoms with Crippen molar-refractivity contribution < 1.29 is 9.90 Å². The van der Waals surface area contributed by atoms with Crippen molar-refractivity contribution in [2.24, 2.45) is 0 Å². The van der Waals surface area contributed by atoms with Gasteiger partial charge in [0.2, 0.25) is 0 Å². The summed E-state index contributed by atoms with van der Waals surface area (Å²) in [5.41, 5.74) is 0.260. The standard InChI is InChI=1S/C5H9NO2S/c1-5(2,4(7)8)6-3-9/h3H,1-2H3,(H,6,9)(H,7,8). The van der Waals surface area contributed by atoms with Gasteiger partial charge in [0, 0.05) is 0 Å². The van der Waals surface area contributed by atoms with Crippen LogP contribution in [-0.2, 0) is 4.79 Å². The zero-order valence-electron chi connectivity index (χ0n) is 5.34. The van der Waals surface area contributed by atoms with Gasteiger partial charge >= 0.3 is 5.97 Å². The maximum Gasteiger partial charge on any atom is 0.328 e. The predicted molar refractivity (Wildman–Crippen MR) is 38.5 cm³/mol. The highest BCUT2D eigenvalue weighted by molar-refractivity contribution is 7.78. The fraction of sp³-hybridized carbons (Fsp3) is 0.600. The molecule has 52 valence electrons. The molecule has 0 aliphatic carbocycles. The molecule has 0 aromatic rings. The van der Waals surface area contributed by atoms with Crippen LogP contribution in [-0.4, -0.2) is 22.1 Å². The maximum atomic E-state index is 10.3. The van der Waals surface area contributed by atoms with Crippen LogP contribution in [0.3, 0.4) is 0 Å². The number of rotatable bonds is 3. The topological polar surface area (TPSA) is 49.3 Å². The Labute approximate surface area is 59.1 Å². The van der Waals surface area contributed by atoms with E-state index in [1.54, 1.807) is 0 Å². The lowest BCUT2D eigenvalue weighted by molar-refractivity contribution is -0.142. The van der Waals surface area contributed by atoms with Crippen molar-refractivity contribution in [3.8, 4) is 0 Å². The Morgan fingerprint density at radius 3 is 2.33 bits per heavy atom. The number of thiocarbonyl (C=S) groups is 1. The highest BCUT2D eigenvalue weighted by Gasteiger charge is 2.24. The number of carboxylic acid groups (broad SMARTS) is 1. The Morgan fingerprint density at radius 1 is 1.78 bits per heavy atom. The fourth-order valence-corrected chi connectivity index (χ4v) is 0.504. The number of hydrogen-bond donors (Lipinski definition) is 2. The SMILES string of the molecule is CC(C)(NC=S)C(=O)O. The maximum absolute atomic E-state index is 10.3. The summed E-state index contributed by atoms with van der Waals surface area (Å²) >= 11 is 4.42. The zero-order chi connectivity index (χ0) is 7.49. The van der Waals surface area contributed by atoms with Crippen LogP contribution in [0.15, 0.2) is 0 Å². The van der Waals surface area contributed by atoms with E-state index in [9.17, 15) is 4.79 Å². The molecule has 0 aliphatic rings. The molecule has 2 N–H and O–H groups in total. The summed E-state index contributed by atoms with van der Waals surface area (Å²) in [6.07, 6.45) is 0. The van der Waals surface area contributed by atoms with Gasteiger partial charge in [0.1, 0.15) is 5.54 Å². The molecule has 0 heterocycles. The molecule has 0 amide bonds. The minimum Gasteiger partial charge on any atom is -0.480 e. The lowest BCUT2D eigenvalue weighted by Crippen LogP contribution is -2.45. The van der Waals surface area contributed by atoms with E-state index >= 15 is 0 Å². The van der Waals surface area contributed by atoms with Crippen molar-refractivity contribution in [1.82, 2.24) is 5.32 Å². The first-order valence-electron chi connectivity index (χ1n) is 2.45. The average Bonchev–Trinajstić information content (AvgIpc) is 1.65. The van der Waals surface area contributed by atoms with Gasteiger partial charge in [-0.25, -0.2) is 4.79 Å². The molecule has 0 atom stereocenters. The van der Waals surface area contributed by atoms with Crippen molar-refractivity contribution in [3.05, 3.63) is 0 Å². The molecule has 0 aromatic heterocycles. The van der Waals surface area contributed by atoms with Crippen LogP contribution in [0, 0.1) is 0 Å². The largest absolute Gasteiger partial charge is 0.480 e.